The highest BCUT2D eigenvalue weighted by Gasteiger charge is 2.09. The van der Waals surface area contributed by atoms with Gasteiger partial charge in [0, 0.05) is 26.2 Å². The van der Waals surface area contributed by atoms with Gasteiger partial charge in [-0.3, -0.25) is 4.79 Å². The topological polar surface area (TPSA) is 68.5 Å². The molecule has 0 amide bonds. The molecule has 0 aliphatic carbocycles. The van der Waals surface area contributed by atoms with E-state index in [-0.39, 0.29) is 5.97 Å². The third kappa shape index (κ3) is 3.62. The fourth-order valence-electron chi connectivity index (χ4n) is 1.53. The number of nitrogen functional groups attached to an aromatic ring is 1. The number of pyridine rings is 1. The number of aryl methyl sites for hydroxylation is 1. The van der Waals surface area contributed by atoms with Gasteiger partial charge in [-0.15, -0.1) is 0 Å². The number of aromatic nitrogens is 1. The van der Waals surface area contributed by atoms with Crippen molar-refractivity contribution in [3.05, 3.63) is 17.8 Å². The van der Waals surface area contributed by atoms with Gasteiger partial charge in [0.25, 0.3) is 0 Å². The number of ether oxygens (including phenoxy) is 1. The molecule has 1 aromatic rings. The summed E-state index contributed by atoms with van der Waals surface area (Å²) in [4.78, 5) is 17.2. The molecule has 1 aromatic heterocycles. The lowest BCUT2D eigenvalue weighted by Gasteiger charge is -2.20. The van der Waals surface area contributed by atoms with Crippen LogP contribution < -0.4 is 10.6 Å². The van der Waals surface area contributed by atoms with Crippen molar-refractivity contribution >= 4 is 17.5 Å². The van der Waals surface area contributed by atoms with Crippen LogP contribution in [0.4, 0.5) is 11.5 Å². The van der Waals surface area contributed by atoms with Crippen molar-refractivity contribution in [3.8, 4) is 0 Å². The van der Waals surface area contributed by atoms with Crippen LogP contribution in [0.2, 0.25) is 0 Å². The maximum absolute atomic E-state index is 11.0. The first kappa shape index (κ1) is 13.3. The van der Waals surface area contributed by atoms with E-state index >= 15 is 0 Å². The zero-order chi connectivity index (χ0) is 12.8. The fourth-order valence-corrected chi connectivity index (χ4v) is 1.53. The van der Waals surface area contributed by atoms with Crippen LogP contribution in [0.3, 0.4) is 0 Å². The molecule has 94 valence electrons. The molecule has 0 saturated heterocycles. The van der Waals surface area contributed by atoms with Crippen molar-refractivity contribution in [3.63, 3.8) is 0 Å². The molecular weight excluding hydrogens is 218 g/mol. The fraction of sp³-hybridized carbons (Fsp3) is 0.500. The molecule has 2 N–H and O–H groups in total. The Morgan fingerprint density at radius 1 is 1.59 bits per heavy atom. The average Bonchev–Trinajstić information content (AvgIpc) is 2.32. The number of methoxy groups -OCH3 is 1. The Bertz CT molecular complexity index is 393. The monoisotopic (exact) mass is 237 g/mol. The lowest BCUT2D eigenvalue weighted by Crippen LogP contribution is -2.22. The lowest BCUT2D eigenvalue weighted by molar-refractivity contribution is -0.140. The van der Waals surface area contributed by atoms with Gasteiger partial charge in [0.1, 0.15) is 0 Å². The number of carbonyl (C=O) groups is 1. The van der Waals surface area contributed by atoms with Gasteiger partial charge in [-0.25, -0.2) is 4.98 Å². The van der Waals surface area contributed by atoms with Crippen molar-refractivity contribution in [1.29, 1.82) is 0 Å². The van der Waals surface area contributed by atoms with Crippen LogP contribution in [0.15, 0.2) is 12.3 Å². The molecule has 5 nitrogen and oxygen atoms in total. The summed E-state index contributed by atoms with van der Waals surface area (Å²) in [5.41, 5.74) is 7.64. The molecule has 0 unspecified atom stereocenters. The number of esters is 1. The summed E-state index contributed by atoms with van der Waals surface area (Å²) in [5, 5.41) is 0. The molecule has 0 aromatic carbocycles. The Balaban J connectivity index is 2.55. The second-order valence-corrected chi connectivity index (χ2v) is 3.97. The van der Waals surface area contributed by atoms with Crippen molar-refractivity contribution in [2.45, 2.75) is 19.8 Å². The third-order valence-electron chi connectivity index (χ3n) is 2.65. The first-order chi connectivity index (χ1) is 8.06. The Labute approximate surface area is 102 Å². The van der Waals surface area contributed by atoms with Crippen LogP contribution in [-0.2, 0) is 9.53 Å². The first-order valence-corrected chi connectivity index (χ1v) is 5.55. The Hall–Kier alpha value is -1.78. The van der Waals surface area contributed by atoms with Crippen molar-refractivity contribution < 1.29 is 9.53 Å². The molecule has 0 spiro atoms. The number of nitrogens with zero attached hydrogens (tertiary/aromatic N) is 2. The molecule has 0 radical (unpaired) electrons. The predicted octanol–water partition coefficient (Wildman–Crippen LogP) is 1.36. The molecule has 0 saturated carbocycles. The molecule has 1 rings (SSSR count). The van der Waals surface area contributed by atoms with Crippen LogP contribution in [0.5, 0.6) is 0 Å². The predicted molar refractivity (Wildman–Crippen MR) is 67.9 cm³/mol. The molecule has 0 fully saturated rings. The zero-order valence-corrected chi connectivity index (χ0v) is 10.6. The minimum absolute atomic E-state index is 0.191. The van der Waals surface area contributed by atoms with E-state index in [1.807, 2.05) is 24.9 Å². The number of carbonyl (C=O) groups excluding carboxylic acids is 1. The van der Waals surface area contributed by atoms with Gasteiger partial charge in [-0.05, 0) is 25.0 Å². The number of rotatable bonds is 5. The summed E-state index contributed by atoms with van der Waals surface area (Å²) in [7, 11) is 3.31. The highest BCUT2D eigenvalue weighted by atomic mass is 16.5. The maximum atomic E-state index is 11.0. The van der Waals surface area contributed by atoms with E-state index in [9.17, 15) is 4.79 Å². The molecule has 17 heavy (non-hydrogen) atoms. The Morgan fingerprint density at radius 3 is 2.94 bits per heavy atom. The SMILES string of the molecule is COC(=O)CCCN(C)c1nccc(C)c1N. The molecule has 0 aliphatic rings. The van der Waals surface area contributed by atoms with Gasteiger partial charge < -0.3 is 15.4 Å². The Morgan fingerprint density at radius 2 is 2.29 bits per heavy atom. The van der Waals surface area contributed by atoms with Crippen molar-refractivity contribution in [1.82, 2.24) is 4.98 Å². The van der Waals surface area contributed by atoms with Gasteiger partial charge in [0.05, 0.1) is 12.8 Å². The molecular formula is C12H19N3O2. The lowest BCUT2D eigenvalue weighted by atomic mass is 10.2. The van der Waals surface area contributed by atoms with Crippen molar-refractivity contribution in [2.75, 3.05) is 31.3 Å². The zero-order valence-electron chi connectivity index (χ0n) is 10.6. The standard InChI is InChI=1S/C12H19N3O2/c1-9-6-7-14-12(11(9)13)15(2)8-4-5-10(16)17-3/h6-7H,4-5,8,13H2,1-3H3. The van der Waals surface area contributed by atoms with Crippen molar-refractivity contribution in [2.24, 2.45) is 0 Å². The van der Waals surface area contributed by atoms with E-state index in [0.717, 1.165) is 24.3 Å². The van der Waals surface area contributed by atoms with E-state index < -0.39 is 0 Å². The molecule has 1 heterocycles. The van der Waals surface area contributed by atoms with Gasteiger partial charge in [0.15, 0.2) is 5.82 Å². The first-order valence-electron chi connectivity index (χ1n) is 5.55. The summed E-state index contributed by atoms with van der Waals surface area (Å²) < 4.78 is 4.58. The largest absolute Gasteiger partial charge is 0.469 e. The van der Waals surface area contributed by atoms with E-state index in [2.05, 4.69) is 9.72 Å². The smallest absolute Gasteiger partial charge is 0.305 e. The van der Waals surface area contributed by atoms with Gasteiger partial charge in [-0.2, -0.15) is 0 Å². The summed E-state index contributed by atoms with van der Waals surface area (Å²) in [6, 6.07) is 1.88. The highest BCUT2D eigenvalue weighted by molar-refractivity contribution is 5.69. The minimum Gasteiger partial charge on any atom is -0.469 e. The quantitative estimate of drug-likeness (QED) is 0.783. The second-order valence-electron chi connectivity index (χ2n) is 3.97. The van der Waals surface area contributed by atoms with Gasteiger partial charge in [0.2, 0.25) is 0 Å². The molecule has 0 atom stereocenters. The third-order valence-corrected chi connectivity index (χ3v) is 2.65. The van der Waals surface area contributed by atoms with Gasteiger partial charge in [-0.1, -0.05) is 0 Å². The number of hydrogen-bond acceptors (Lipinski definition) is 5. The average molecular weight is 237 g/mol. The summed E-state index contributed by atoms with van der Waals surface area (Å²) >= 11 is 0. The minimum atomic E-state index is -0.191. The number of hydrogen-bond donors (Lipinski definition) is 1. The van der Waals surface area contributed by atoms with Crippen LogP contribution in [0.25, 0.3) is 0 Å². The van der Waals surface area contributed by atoms with Gasteiger partial charge >= 0.3 is 5.97 Å². The summed E-state index contributed by atoms with van der Waals surface area (Å²) in [6.07, 6.45) is 2.86. The Kier molecular flexibility index (Phi) is 4.75. The van der Waals surface area contributed by atoms with E-state index in [4.69, 9.17) is 5.73 Å². The summed E-state index contributed by atoms with van der Waals surface area (Å²) in [5.74, 6) is 0.568. The molecule has 5 heteroatoms. The van der Waals surface area contributed by atoms with E-state index in [0.29, 0.717) is 12.1 Å². The summed E-state index contributed by atoms with van der Waals surface area (Å²) in [6.45, 7) is 2.67. The second kappa shape index (κ2) is 6.08. The normalized spacial score (nSPS) is 10.1. The van der Waals surface area contributed by atoms with Crippen LogP contribution >= 0.6 is 0 Å². The van der Waals surface area contributed by atoms with Crippen LogP contribution in [0, 0.1) is 6.92 Å². The van der Waals surface area contributed by atoms with E-state index in [1.165, 1.54) is 7.11 Å². The highest BCUT2D eigenvalue weighted by Crippen LogP contribution is 2.22. The number of anilines is 2. The van der Waals surface area contributed by atoms with E-state index in [1.54, 1.807) is 6.20 Å². The number of nitrogens with two attached hydrogens (primary N) is 1. The molecule has 0 aliphatic heterocycles. The van der Waals surface area contributed by atoms with Crippen LogP contribution in [0.1, 0.15) is 18.4 Å². The maximum Gasteiger partial charge on any atom is 0.305 e. The molecule has 0 bridgehead atoms. The van der Waals surface area contributed by atoms with Crippen LogP contribution in [-0.4, -0.2) is 31.7 Å².